The van der Waals surface area contributed by atoms with Crippen LogP contribution in [0.2, 0.25) is 0 Å². The maximum Gasteiger partial charge on any atom is 0.325 e. The van der Waals surface area contributed by atoms with Gasteiger partial charge in [-0.05, 0) is 31.7 Å². The van der Waals surface area contributed by atoms with Crippen molar-refractivity contribution in [1.82, 2.24) is 20.1 Å². The summed E-state index contributed by atoms with van der Waals surface area (Å²) < 4.78 is 0. The van der Waals surface area contributed by atoms with Gasteiger partial charge in [-0.2, -0.15) is 5.26 Å². The standard InChI is InChI=1S/C19H23N5O4/c1-11(2)10-24-18(28)22-17(27)19(24)4-6-23(7-5-19)16(26)14-8-13(9-20)15(25)21-12(14)3/h8,11H,4-7,10H2,1-3H3,(H,21,25)(H,22,27,28). The SMILES string of the molecule is Cc1[nH]c(=O)c(C#N)cc1C(=O)N1CCC2(CC1)C(=O)NC(=O)N2CC(C)C. The van der Waals surface area contributed by atoms with Crippen LogP contribution in [0.3, 0.4) is 0 Å². The molecule has 0 unspecified atom stereocenters. The Morgan fingerprint density at radius 1 is 1.29 bits per heavy atom. The smallest absolute Gasteiger partial charge is 0.325 e. The number of H-pyrrole nitrogens is 1. The first-order valence-corrected chi connectivity index (χ1v) is 9.26. The molecule has 4 amide bonds. The number of aryl methyl sites for hydroxylation is 1. The van der Waals surface area contributed by atoms with E-state index in [-0.39, 0.29) is 34.9 Å². The van der Waals surface area contributed by atoms with Crippen molar-refractivity contribution >= 4 is 17.8 Å². The van der Waals surface area contributed by atoms with Gasteiger partial charge in [0.2, 0.25) is 0 Å². The molecule has 1 spiro atoms. The number of hydrogen-bond acceptors (Lipinski definition) is 5. The fourth-order valence-electron chi connectivity index (χ4n) is 3.90. The van der Waals surface area contributed by atoms with Gasteiger partial charge in [-0.3, -0.25) is 19.7 Å². The lowest BCUT2D eigenvalue weighted by Crippen LogP contribution is -2.58. The molecule has 2 aliphatic rings. The van der Waals surface area contributed by atoms with Gasteiger partial charge in [-0.1, -0.05) is 13.8 Å². The monoisotopic (exact) mass is 385 g/mol. The van der Waals surface area contributed by atoms with Gasteiger partial charge in [0.15, 0.2) is 0 Å². The van der Waals surface area contributed by atoms with Crippen molar-refractivity contribution in [3.63, 3.8) is 0 Å². The predicted molar refractivity (Wildman–Crippen MR) is 99.5 cm³/mol. The summed E-state index contributed by atoms with van der Waals surface area (Å²) in [5.74, 6) is -0.404. The molecule has 2 saturated heterocycles. The van der Waals surface area contributed by atoms with Gasteiger partial charge in [-0.15, -0.1) is 0 Å². The van der Waals surface area contributed by atoms with Crippen LogP contribution >= 0.6 is 0 Å². The summed E-state index contributed by atoms with van der Waals surface area (Å²) in [4.78, 5) is 55.1. The topological polar surface area (TPSA) is 126 Å². The van der Waals surface area contributed by atoms with E-state index in [2.05, 4.69) is 10.3 Å². The van der Waals surface area contributed by atoms with Crippen molar-refractivity contribution in [2.75, 3.05) is 19.6 Å². The molecule has 3 rings (SSSR count). The fraction of sp³-hybridized carbons (Fsp3) is 0.526. The second kappa shape index (κ2) is 7.11. The van der Waals surface area contributed by atoms with Crippen molar-refractivity contribution in [2.45, 2.75) is 39.2 Å². The first-order chi connectivity index (χ1) is 13.2. The third-order valence-electron chi connectivity index (χ3n) is 5.42. The minimum atomic E-state index is -0.921. The quantitative estimate of drug-likeness (QED) is 0.742. The van der Waals surface area contributed by atoms with Crippen molar-refractivity contribution < 1.29 is 14.4 Å². The average molecular weight is 385 g/mol. The Bertz CT molecular complexity index is 935. The van der Waals surface area contributed by atoms with Gasteiger partial charge in [0, 0.05) is 25.3 Å². The number of rotatable bonds is 3. The van der Waals surface area contributed by atoms with E-state index < -0.39 is 11.1 Å². The zero-order valence-corrected chi connectivity index (χ0v) is 16.2. The molecule has 1 aromatic rings. The highest BCUT2D eigenvalue weighted by Crippen LogP contribution is 2.34. The lowest BCUT2D eigenvalue weighted by atomic mass is 9.85. The number of amides is 4. The minimum Gasteiger partial charge on any atom is -0.338 e. The number of carbonyl (C=O) groups is 3. The Labute approximate surface area is 162 Å². The van der Waals surface area contributed by atoms with Crippen molar-refractivity contribution in [3.05, 3.63) is 33.2 Å². The Hall–Kier alpha value is -3.15. The van der Waals surface area contributed by atoms with Crippen LogP contribution in [0.5, 0.6) is 0 Å². The molecule has 1 aromatic heterocycles. The predicted octanol–water partition coefficient (Wildman–Crippen LogP) is 0.738. The number of carbonyl (C=O) groups excluding carboxylic acids is 3. The highest BCUT2D eigenvalue weighted by atomic mass is 16.2. The molecule has 0 saturated carbocycles. The molecule has 2 N–H and O–H groups in total. The number of nitrogens with zero attached hydrogens (tertiary/aromatic N) is 3. The Balaban J connectivity index is 1.81. The molecule has 2 aliphatic heterocycles. The molecule has 3 heterocycles. The maximum absolute atomic E-state index is 12.9. The van der Waals surface area contributed by atoms with E-state index in [1.165, 1.54) is 6.07 Å². The van der Waals surface area contributed by atoms with E-state index in [1.807, 2.05) is 13.8 Å². The maximum atomic E-state index is 12.9. The van der Waals surface area contributed by atoms with Crippen LogP contribution in [0.15, 0.2) is 10.9 Å². The van der Waals surface area contributed by atoms with Crippen molar-refractivity contribution in [3.8, 4) is 6.07 Å². The molecular formula is C19H23N5O4. The number of urea groups is 1. The van der Waals surface area contributed by atoms with Crippen LogP contribution < -0.4 is 10.9 Å². The van der Waals surface area contributed by atoms with Crippen LogP contribution in [-0.2, 0) is 4.79 Å². The van der Waals surface area contributed by atoms with E-state index in [9.17, 15) is 19.2 Å². The van der Waals surface area contributed by atoms with Gasteiger partial charge in [0.1, 0.15) is 17.2 Å². The number of imide groups is 1. The van der Waals surface area contributed by atoms with E-state index in [1.54, 1.807) is 22.8 Å². The van der Waals surface area contributed by atoms with E-state index in [0.717, 1.165) is 0 Å². The fourth-order valence-corrected chi connectivity index (χ4v) is 3.90. The molecule has 9 nitrogen and oxygen atoms in total. The van der Waals surface area contributed by atoms with Crippen LogP contribution in [0.25, 0.3) is 0 Å². The van der Waals surface area contributed by atoms with Crippen molar-refractivity contribution in [1.29, 1.82) is 5.26 Å². The lowest BCUT2D eigenvalue weighted by Gasteiger charge is -2.42. The Morgan fingerprint density at radius 2 is 1.93 bits per heavy atom. The molecule has 9 heteroatoms. The summed E-state index contributed by atoms with van der Waals surface area (Å²) in [6.07, 6.45) is 0.688. The number of piperidine rings is 1. The average Bonchev–Trinajstić information content (AvgIpc) is 2.86. The molecule has 0 atom stereocenters. The van der Waals surface area contributed by atoms with Gasteiger partial charge >= 0.3 is 6.03 Å². The molecule has 0 aromatic carbocycles. The number of aromatic nitrogens is 1. The number of hydrogen-bond donors (Lipinski definition) is 2. The third kappa shape index (κ3) is 3.15. The van der Waals surface area contributed by atoms with E-state index in [4.69, 9.17) is 5.26 Å². The number of nitrogens with one attached hydrogen (secondary N) is 2. The van der Waals surface area contributed by atoms with E-state index in [0.29, 0.717) is 38.2 Å². The normalized spacial score (nSPS) is 18.5. The zero-order valence-electron chi connectivity index (χ0n) is 16.2. The molecular weight excluding hydrogens is 362 g/mol. The van der Waals surface area contributed by atoms with Crippen molar-refractivity contribution in [2.24, 2.45) is 5.92 Å². The number of pyridine rings is 1. The third-order valence-corrected chi connectivity index (χ3v) is 5.42. The highest BCUT2D eigenvalue weighted by molar-refractivity contribution is 6.07. The number of nitriles is 1. The van der Waals surface area contributed by atoms with Crippen LogP contribution in [-0.4, -0.2) is 57.8 Å². The summed E-state index contributed by atoms with van der Waals surface area (Å²) in [6, 6.07) is 2.71. The zero-order chi connectivity index (χ0) is 20.6. The molecule has 0 radical (unpaired) electrons. The van der Waals surface area contributed by atoms with Crippen LogP contribution in [0.1, 0.15) is 48.3 Å². The van der Waals surface area contributed by atoms with Gasteiger partial charge in [-0.25, -0.2) is 4.79 Å². The highest BCUT2D eigenvalue weighted by Gasteiger charge is 2.54. The molecule has 0 bridgehead atoms. The van der Waals surface area contributed by atoms with Crippen LogP contribution in [0, 0.1) is 24.2 Å². The largest absolute Gasteiger partial charge is 0.338 e. The first-order valence-electron chi connectivity index (χ1n) is 9.26. The summed E-state index contributed by atoms with van der Waals surface area (Å²) in [7, 11) is 0. The molecule has 2 fully saturated rings. The van der Waals surface area contributed by atoms with E-state index >= 15 is 0 Å². The second-order valence-corrected chi connectivity index (χ2v) is 7.75. The summed E-state index contributed by atoms with van der Waals surface area (Å²) >= 11 is 0. The first kappa shape index (κ1) is 19.6. The lowest BCUT2D eigenvalue weighted by molar-refractivity contribution is -0.129. The number of likely N-dealkylation sites (tertiary alicyclic amines) is 1. The summed E-state index contributed by atoms with van der Waals surface area (Å²) in [5.41, 5.74) is -0.913. The second-order valence-electron chi connectivity index (χ2n) is 7.75. The summed E-state index contributed by atoms with van der Waals surface area (Å²) in [6.45, 7) is 6.64. The number of aromatic amines is 1. The molecule has 0 aliphatic carbocycles. The van der Waals surface area contributed by atoms with Gasteiger partial charge < -0.3 is 14.8 Å². The Morgan fingerprint density at radius 3 is 2.50 bits per heavy atom. The van der Waals surface area contributed by atoms with Gasteiger partial charge in [0.05, 0.1) is 5.56 Å². The molecule has 28 heavy (non-hydrogen) atoms. The Kier molecular flexibility index (Phi) is 4.98. The minimum absolute atomic E-state index is 0.119. The molecule has 148 valence electrons. The summed E-state index contributed by atoms with van der Waals surface area (Å²) in [5, 5.41) is 11.5. The van der Waals surface area contributed by atoms with Gasteiger partial charge in [0.25, 0.3) is 17.4 Å². The van der Waals surface area contributed by atoms with Crippen LogP contribution in [0.4, 0.5) is 4.79 Å².